The fraction of sp³-hybridized carbons (Fsp3) is 0.143. The molecule has 0 heterocycles. The fourth-order valence-corrected chi connectivity index (χ4v) is 4.98. The molecular formula is C7H7Cl2In. The molecule has 0 aliphatic carbocycles. The Hall–Kier alpha value is 0.670. The zero-order valence-corrected chi connectivity index (χ0v) is 10.2. The summed E-state index contributed by atoms with van der Waals surface area (Å²) in [6, 6.07) is 10.1. The van der Waals surface area contributed by atoms with E-state index in [-0.39, 0.29) is 0 Å². The molecule has 0 unspecified atom stereocenters. The summed E-state index contributed by atoms with van der Waals surface area (Å²) in [5.74, 6) is 0. The average molecular weight is 277 g/mol. The molecule has 0 N–H and O–H groups in total. The fourth-order valence-electron chi connectivity index (χ4n) is 0.792. The summed E-state index contributed by atoms with van der Waals surface area (Å²) in [5, 5.41) is 0. The number of hydrogen-bond acceptors (Lipinski definition) is 0. The van der Waals surface area contributed by atoms with Crippen LogP contribution in [0.3, 0.4) is 0 Å². The van der Waals surface area contributed by atoms with Crippen LogP contribution in [0.5, 0.6) is 0 Å². The number of benzene rings is 1. The van der Waals surface area contributed by atoms with E-state index < -0.39 is 19.1 Å². The van der Waals surface area contributed by atoms with Gasteiger partial charge in [0.15, 0.2) is 0 Å². The molecule has 1 rings (SSSR count). The first-order valence-electron chi connectivity index (χ1n) is 3.11. The van der Waals surface area contributed by atoms with Crippen LogP contribution < -0.4 is 0 Å². The Morgan fingerprint density at radius 1 is 1.10 bits per heavy atom. The third-order valence-electron chi connectivity index (χ3n) is 1.23. The first kappa shape index (κ1) is 8.76. The minimum absolute atomic E-state index is 0.936. The van der Waals surface area contributed by atoms with E-state index >= 15 is 0 Å². The van der Waals surface area contributed by atoms with Gasteiger partial charge in [-0.25, -0.2) is 0 Å². The topological polar surface area (TPSA) is 0 Å². The second-order valence-electron chi connectivity index (χ2n) is 2.08. The zero-order valence-electron chi connectivity index (χ0n) is 5.43. The van der Waals surface area contributed by atoms with E-state index in [1.54, 1.807) is 0 Å². The monoisotopic (exact) mass is 276 g/mol. The van der Waals surface area contributed by atoms with Crippen LogP contribution in [0.25, 0.3) is 0 Å². The van der Waals surface area contributed by atoms with Crippen molar-refractivity contribution in [2.45, 2.75) is 4.18 Å². The van der Waals surface area contributed by atoms with E-state index in [0.29, 0.717) is 0 Å². The molecule has 0 aromatic heterocycles. The molecule has 0 nitrogen and oxygen atoms in total. The van der Waals surface area contributed by atoms with Gasteiger partial charge in [0, 0.05) is 0 Å². The Morgan fingerprint density at radius 3 is 2.20 bits per heavy atom. The molecule has 0 saturated heterocycles. The van der Waals surface area contributed by atoms with Gasteiger partial charge >= 0.3 is 76.3 Å². The van der Waals surface area contributed by atoms with Gasteiger partial charge in [0.1, 0.15) is 0 Å². The number of hydrogen-bond donors (Lipinski definition) is 0. The van der Waals surface area contributed by atoms with Crippen LogP contribution in [0.15, 0.2) is 30.3 Å². The molecule has 0 spiro atoms. The Kier molecular flexibility index (Phi) is 3.97. The molecule has 0 atom stereocenters. The van der Waals surface area contributed by atoms with Crippen molar-refractivity contribution in [2.75, 3.05) is 0 Å². The Morgan fingerprint density at radius 2 is 1.70 bits per heavy atom. The Balaban J connectivity index is 2.59. The first-order chi connectivity index (χ1) is 4.79. The molecule has 0 aliphatic heterocycles. The molecule has 3 heteroatoms. The van der Waals surface area contributed by atoms with Crippen LogP contribution in [0, 0.1) is 0 Å². The zero-order chi connectivity index (χ0) is 7.40. The van der Waals surface area contributed by atoms with Crippen LogP contribution in [0.2, 0.25) is 0 Å². The molecule has 52 valence electrons. The van der Waals surface area contributed by atoms with E-state index in [1.807, 2.05) is 18.2 Å². The Labute approximate surface area is 75.8 Å². The summed E-state index contributed by atoms with van der Waals surface area (Å²) in [5.41, 5.74) is 1.27. The van der Waals surface area contributed by atoms with Crippen molar-refractivity contribution in [2.24, 2.45) is 0 Å². The molecule has 0 radical (unpaired) electrons. The van der Waals surface area contributed by atoms with Gasteiger partial charge in [-0.3, -0.25) is 0 Å². The molecule has 0 amide bonds. The molecule has 1 aromatic carbocycles. The molecule has 1 aromatic rings. The normalized spacial score (nSPS) is 9.40. The van der Waals surface area contributed by atoms with E-state index in [1.165, 1.54) is 5.56 Å². The van der Waals surface area contributed by atoms with Crippen molar-refractivity contribution in [3.05, 3.63) is 35.9 Å². The first-order valence-corrected chi connectivity index (χ1v) is 13.8. The van der Waals surface area contributed by atoms with Gasteiger partial charge < -0.3 is 0 Å². The van der Waals surface area contributed by atoms with Crippen LogP contribution in [0.4, 0.5) is 0 Å². The third-order valence-corrected chi connectivity index (χ3v) is 5.53. The summed E-state index contributed by atoms with van der Waals surface area (Å²) in [6.45, 7) is 0. The van der Waals surface area contributed by atoms with Crippen molar-refractivity contribution < 1.29 is 0 Å². The van der Waals surface area contributed by atoms with Crippen LogP contribution in [-0.4, -0.2) is 19.1 Å². The van der Waals surface area contributed by atoms with Crippen molar-refractivity contribution in [3.63, 3.8) is 0 Å². The van der Waals surface area contributed by atoms with Crippen molar-refractivity contribution in [1.82, 2.24) is 0 Å². The molecule has 0 saturated carbocycles. The van der Waals surface area contributed by atoms with E-state index in [2.05, 4.69) is 12.1 Å². The summed E-state index contributed by atoms with van der Waals surface area (Å²) in [4.78, 5) is 0. The van der Waals surface area contributed by atoms with Crippen LogP contribution in [-0.2, 0) is 4.18 Å². The molecule has 0 bridgehead atoms. The predicted molar refractivity (Wildman–Crippen MR) is 47.6 cm³/mol. The van der Waals surface area contributed by atoms with E-state index in [4.69, 9.17) is 17.2 Å². The van der Waals surface area contributed by atoms with Gasteiger partial charge in [-0.1, -0.05) is 0 Å². The second-order valence-corrected chi connectivity index (χ2v) is 14.0. The third kappa shape index (κ3) is 3.18. The quantitative estimate of drug-likeness (QED) is 0.779. The summed E-state index contributed by atoms with van der Waals surface area (Å²) in [7, 11) is 11.6. The SMILES string of the molecule is [Cl][In]([Cl])[CH2]c1ccccc1. The second kappa shape index (κ2) is 4.53. The van der Waals surface area contributed by atoms with Gasteiger partial charge in [0.05, 0.1) is 0 Å². The number of rotatable bonds is 2. The van der Waals surface area contributed by atoms with Gasteiger partial charge in [0.2, 0.25) is 0 Å². The predicted octanol–water partition coefficient (Wildman–Crippen LogP) is 2.73. The summed E-state index contributed by atoms with van der Waals surface area (Å²) < 4.78 is 0.936. The van der Waals surface area contributed by atoms with Gasteiger partial charge in [0.25, 0.3) is 0 Å². The van der Waals surface area contributed by atoms with Crippen molar-refractivity contribution >= 4 is 36.2 Å². The van der Waals surface area contributed by atoms with E-state index in [0.717, 1.165) is 4.18 Å². The molecule has 0 aliphatic rings. The molecular weight excluding hydrogens is 270 g/mol. The number of halogens is 2. The minimum atomic E-state index is -2.05. The maximum absolute atomic E-state index is 5.79. The van der Waals surface area contributed by atoms with E-state index in [9.17, 15) is 0 Å². The average Bonchev–Trinajstić information content (AvgIpc) is 1.88. The van der Waals surface area contributed by atoms with Crippen molar-refractivity contribution in [3.8, 4) is 0 Å². The summed E-state index contributed by atoms with van der Waals surface area (Å²) >= 11 is -2.05. The Bertz CT molecular complexity index is 186. The molecule has 10 heavy (non-hydrogen) atoms. The van der Waals surface area contributed by atoms with Crippen LogP contribution in [0.1, 0.15) is 5.56 Å². The van der Waals surface area contributed by atoms with Gasteiger partial charge in [-0.2, -0.15) is 0 Å². The summed E-state index contributed by atoms with van der Waals surface area (Å²) in [6.07, 6.45) is 0. The van der Waals surface area contributed by atoms with Gasteiger partial charge in [-0.05, 0) is 0 Å². The van der Waals surface area contributed by atoms with Crippen molar-refractivity contribution in [1.29, 1.82) is 0 Å². The standard InChI is InChI=1S/C7H7.2ClH.In/c1-7-5-3-2-4-6-7;;;/h2-6H,1H2;2*1H;/q;;;+2/p-2. The maximum atomic E-state index is 5.79. The molecule has 0 fully saturated rings. The van der Waals surface area contributed by atoms with Gasteiger partial charge in [-0.15, -0.1) is 0 Å². The van der Waals surface area contributed by atoms with Crippen LogP contribution >= 0.6 is 17.2 Å².